The smallest absolute Gasteiger partial charge is 0.174 e. The molecule has 2 aromatic rings. The quantitative estimate of drug-likeness (QED) is 0.518. The fraction of sp³-hybridized carbons (Fsp3) is 0.444. The van der Waals surface area contributed by atoms with Crippen molar-refractivity contribution in [2.24, 2.45) is 0 Å². The van der Waals surface area contributed by atoms with E-state index in [0.29, 0.717) is 47.5 Å². The zero-order chi connectivity index (χ0) is 18.6. The second kappa shape index (κ2) is 8.24. The Morgan fingerprint density at radius 2 is 1.72 bits per heavy atom. The van der Waals surface area contributed by atoms with Gasteiger partial charge in [0.1, 0.15) is 12.3 Å². The van der Waals surface area contributed by atoms with Gasteiger partial charge in [-0.2, -0.15) is 0 Å². The number of hydrogen-bond donors (Lipinski definition) is 4. The van der Waals surface area contributed by atoms with Gasteiger partial charge in [-0.1, -0.05) is 0 Å². The van der Waals surface area contributed by atoms with Gasteiger partial charge in [0.2, 0.25) is 0 Å². The first-order valence-electron chi connectivity index (χ1n) is 8.15. The van der Waals surface area contributed by atoms with Gasteiger partial charge in [0, 0.05) is 36.2 Å². The van der Waals surface area contributed by atoms with Crippen LogP contribution in [0.25, 0.3) is 0 Å². The molecule has 0 fully saturated rings. The predicted molar refractivity (Wildman–Crippen MR) is 87.5 cm³/mol. The number of pyridine rings is 2. The minimum absolute atomic E-state index is 0.0875. The monoisotopic (exact) mass is 348 g/mol. The van der Waals surface area contributed by atoms with E-state index < -0.39 is 6.61 Å². The minimum atomic E-state index is -0.402. The third-order valence-corrected chi connectivity index (χ3v) is 4.49. The molecule has 7 heteroatoms. The van der Waals surface area contributed by atoms with Crippen molar-refractivity contribution in [2.45, 2.75) is 53.1 Å². The third kappa shape index (κ3) is 3.89. The number of rotatable bonds is 7. The lowest BCUT2D eigenvalue weighted by Crippen LogP contribution is -2.39. The van der Waals surface area contributed by atoms with Crippen LogP contribution in [0.5, 0.6) is 11.5 Å². The Bertz CT molecular complexity index is 762. The maximum atomic E-state index is 12.3. The average Bonchev–Trinajstić information content (AvgIpc) is 2.62. The summed E-state index contributed by atoms with van der Waals surface area (Å²) in [5.74, 6) is -0.183. The van der Waals surface area contributed by atoms with Crippen LogP contribution in [0.4, 0.5) is 0 Å². The van der Waals surface area contributed by atoms with Crippen molar-refractivity contribution in [1.29, 1.82) is 0 Å². The van der Waals surface area contributed by atoms with Gasteiger partial charge in [-0.05, 0) is 24.7 Å². The summed E-state index contributed by atoms with van der Waals surface area (Å²) in [7, 11) is 0. The molecule has 0 aliphatic carbocycles. The molecule has 0 amide bonds. The number of hydrogen-bond acceptors (Lipinski definition) is 6. The summed E-state index contributed by atoms with van der Waals surface area (Å²) in [6.07, 6.45) is 4.37. The van der Waals surface area contributed by atoms with Gasteiger partial charge in [-0.15, -0.1) is 0 Å². The first kappa shape index (κ1) is 19.1. The van der Waals surface area contributed by atoms with Crippen molar-refractivity contribution in [3.8, 4) is 11.5 Å². The molecule has 4 N–H and O–H groups in total. The number of aromatic nitrogens is 2. The topological polar surface area (TPSA) is 121 Å². The summed E-state index contributed by atoms with van der Waals surface area (Å²) >= 11 is 0. The van der Waals surface area contributed by atoms with Crippen molar-refractivity contribution in [3.63, 3.8) is 0 Å². The lowest BCUT2D eigenvalue weighted by Gasteiger charge is -2.17. The molecule has 0 saturated heterocycles. The maximum absolute atomic E-state index is 12.3. The molecule has 0 aliphatic rings. The molecule has 0 unspecified atom stereocenters. The Morgan fingerprint density at radius 1 is 1.04 bits per heavy atom. The van der Waals surface area contributed by atoms with Crippen LogP contribution in [0.3, 0.4) is 0 Å². The predicted octanol–water partition coefficient (Wildman–Crippen LogP) is -0.125. The molecule has 2 aromatic heterocycles. The van der Waals surface area contributed by atoms with Crippen LogP contribution in [-0.4, -0.2) is 25.4 Å². The van der Waals surface area contributed by atoms with Crippen molar-refractivity contribution in [2.75, 3.05) is 0 Å². The first-order chi connectivity index (χ1) is 11.9. The molecule has 2 heterocycles. The fourth-order valence-electron chi connectivity index (χ4n) is 2.92. The highest BCUT2D eigenvalue weighted by Crippen LogP contribution is 2.25. The van der Waals surface area contributed by atoms with Crippen LogP contribution in [0, 0.1) is 13.8 Å². The number of aliphatic hydroxyl groups is 3. The van der Waals surface area contributed by atoms with E-state index in [4.69, 9.17) is 0 Å². The van der Waals surface area contributed by atoms with Crippen LogP contribution >= 0.6 is 0 Å². The molecule has 0 radical (unpaired) electrons. The molecular formula is C18H24N2O5. The fourth-order valence-corrected chi connectivity index (χ4v) is 2.92. The van der Waals surface area contributed by atoms with E-state index in [0.717, 1.165) is 0 Å². The van der Waals surface area contributed by atoms with Gasteiger partial charge >= 0.3 is 0 Å². The van der Waals surface area contributed by atoms with Crippen LogP contribution in [0.2, 0.25) is 0 Å². The van der Waals surface area contributed by atoms with E-state index >= 15 is 0 Å². The molecule has 0 atom stereocenters. The SMILES string of the molecule is Cc1ncc(CO)c(CCC[n+]2cc(CO)c(CO)c([O-])c2C)c1O. The van der Waals surface area contributed by atoms with E-state index in [1.807, 2.05) is 0 Å². The summed E-state index contributed by atoms with van der Waals surface area (Å²) in [5.41, 5.74) is 2.87. The average molecular weight is 348 g/mol. The van der Waals surface area contributed by atoms with Gasteiger partial charge in [-0.25, -0.2) is 4.57 Å². The number of aliphatic hydroxyl groups excluding tert-OH is 3. The Hall–Kier alpha value is -2.22. The van der Waals surface area contributed by atoms with Crippen molar-refractivity contribution >= 4 is 0 Å². The van der Waals surface area contributed by atoms with Gasteiger partial charge in [0.05, 0.1) is 25.5 Å². The van der Waals surface area contributed by atoms with Gasteiger partial charge < -0.3 is 25.5 Å². The molecule has 136 valence electrons. The zero-order valence-electron chi connectivity index (χ0n) is 14.5. The Labute approximate surface area is 146 Å². The van der Waals surface area contributed by atoms with Crippen LogP contribution in [-0.2, 0) is 32.8 Å². The van der Waals surface area contributed by atoms with E-state index in [2.05, 4.69) is 4.98 Å². The summed E-state index contributed by atoms with van der Waals surface area (Å²) in [5, 5.41) is 50.5. The van der Waals surface area contributed by atoms with E-state index in [9.17, 15) is 25.5 Å². The summed E-state index contributed by atoms with van der Waals surface area (Å²) in [6, 6.07) is 0. The molecule has 7 nitrogen and oxygen atoms in total. The molecule has 0 saturated carbocycles. The standard InChI is InChI=1S/C18H24N2O5/c1-11-17(24)15(13(8-21)6-19-11)4-3-5-20-7-14(9-22)16(10-23)18(25)12(20)2/h6-7,21-23H,3-5,8-10H2,1-2H3,(H-,24,25). The van der Waals surface area contributed by atoms with Gasteiger partial charge in [0.15, 0.2) is 11.9 Å². The molecule has 0 aromatic carbocycles. The van der Waals surface area contributed by atoms with Crippen LogP contribution in [0.15, 0.2) is 12.4 Å². The van der Waals surface area contributed by atoms with Gasteiger partial charge in [-0.3, -0.25) is 4.98 Å². The largest absolute Gasteiger partial charge is 0.868 e. The zero-order valence-corrected chi connectivity index (χ0v) is 14.5. The van der Waals surface area contributed by atoms with Crippen LogP contribution in [0.1, 0.15) is 40.1 Å². The number of nitrogens with zero attached hydrogens (tertiary/aromatic N) is 2. The maximum Gasteiger partial charge on any atom is 0.174 e. The second-order valence-corrected chi connectivity index (χ2v) is 6.01. The van der Waals surface area contributed by atoms with Gasteiger partial charge in [0.25, 0.3) is 0 Å². The van der Waals surface area contributed by atoms with E-state index in [1.54, 1.807) is 30.8 Å². The minimum Gasteiger partial charge on any atom is -0.868 e. The van der Waals surface area contributed by atoms with E-state index in [-0.39, 0.29) is 30.3 Å². The summed E-state index contributed by atoms with van der Waals surface area (Å²) in [6.45, 7) is 2.96. The van der Waals surface area contributed by atoms with Crippen molar-refractivity contribution < 1.29 is 30.1 Å². The molecule has 0 spiro atoms. The Kier molecular flexibility index (Phi) is 6.30. The Balaban J connectivity index is 2.21. The molecule has 0 bridgehead atoms. The van der Waals surface area contributed by atoms with Crippen LogP contribution < -0.4 is 9.67 Å². The molecule has 0 aliphatic heterocycles. The highest BCUT2D eigenvalue weighted by atomic mass is 16.3. The normalized spacial score (nSPS) is 11.1. The highest BCUT2D eigenvalue weighted by molar-refractivity contribution is 5.40. The number of aromatic hydroxyl groups is 1. The molecular weight excluding hydrogens is 324 g/mol. The molecule has 2 rings (SSSR count). The Morgan fingerprint density at radius 3 is 2.32 bits per heavy atom. The third-order valence-electron chi connectivity index (χ3n) is 4.49. The van der Waals surface area contributed by atoms with Crippen molar-refractivity contribution in [3.05, 3.63) is 46.0 Å². The first-order valence-corrected chi connectivity index (χ1v) is 8.15. The van der Waals surface area contributed by atoms with E-state index in [1.165, 1.54) is 0 Å². The highest BCUT2D eigenvalue weighted by Gasteiger charge is 2.16. The summed E-state index contributed by atoms with van der Waals surface area (Å²) in [4.78, 5) is 4.04. The lowest BCUT2D eigenvalue weighted by atomic mass is 10.0. The van der Waals surface area contributed by atoms with Crippen molar-refractivity contribution in [1.82, 2.24) is 4.98 Å². The molecule has 25 heavy (non-hydrogen) atoms. The summed E-state index contributed by atoms with van der Waals surface area (Å²) < 4.78 is 1.75. The number of aryl methyl sites for hydroxylation is 2. The second-order valence-electron chi connectivity index (χ2n) is 6.01. The lowest BCUT2D eigenvalue weighted by molar-refractivity contribution is -0.706.